The molecular weight excluding hydrogens is 379 g/mol. The van der Waals surface area contributed by atoms with Gasteiger partial charge in [0.25, 0.3) is 0 Å². The van der Waals surface area contributed by atoms with E-state index in [9.17, 15) is 9.18 Å². The Labute approximate surface area is 173 Å². The normalized spacial score (nSPS) is 11.0. The number of esters is 1. The van der Waals surface area contributed by atoms with E-state index in [-0.39, 0.29) is 12.4 Å². The highest BCUT2D eigenvalue weighted by molar-refractivity contribution is 5.87. The van der Waals surface area contributed by atoms with Gasteiger partial charge in [0.05, 0.1) is 11.4 Å². The van der Waals surface area contributed by atoms with E-state index in [1.807, 2.05) is 66.9 Å². The van der Waals surface area contributed by atoms with Gasteiger partial charge in [0.15, 0.2) is 0 Å². The van der Waals surface area contributed by atoms with Gasteiger partial charge in [0.2, 0.25) is 0 Å². The van der Waals surface area contributed by atoms with Gasteiger partial charge >= 0.3 is 5.97 Å². The van der Waals surface area contributed by atoms with E-state index >= 15 is 0 Å². The standard InChI is InChI=1S/C25H19FN2O2/c26-22-14-11-19(12-15-22)13-16-24(29)30-18-21-17-28(23-9-5-2-6-10-23)27-25(21)20-7-3-1-4-8-20/h1-17H,18H2/b16-13+. The second-order valence-electron chi connectivity index (χ2n) is 6.64. The Hall–Kier alpha value is -3.99. The van der Waals surface area contributed by atoms with Gasteiger partial charge in [0.1, 0.15) is 12.4 Å². The van der Waals surface area contributed by atoms with E-state index in [0.29, 0.717) is 0 Å². The van der Waals surface area contributed by atoms with Crippen LogP contribution in [0.4, 0.5) is 4.39 Å². The molecule has 0 radical (unpaired) electrons. The van der Waals surface area contributed by atoms with Crippen LogP contribution in [0.3, 0.4) is 0 Å². The average molecular weight is 398 g/mol. The van der Waals surface area contributed by atoms with Crippen molar-refractivity contribution < 1.29 is 13.9 Å². The van der Waals surface area contributed by atoms with Crippen molar-refractivity contribution in [1.82, 2.24) is 9.78 Å². The molecular formula is C25H19FN2O2. The third-order valence-electron chi connectivity index (χ3n) is 4.51. The molecule has 30 heavy (non-hydrogen) atoms. The van der Waals surface area contributed by atoms with E-state index in [2.05, 4.69) is 0 Å². The van der Waals surface area contributed by atoms with E-state index in [4.69, 9.17) is 9.84 Å². The van der Waals surface area contributed by atoms with Crippen molar-refractivity contribution in [2.45, 2.75) is 6.61 Å². The average Bonchev–Trinajstić information content (AvgIpc) is 3.23. The van der Waals surface area contributed by atoms with Crippen molar-refractivity contribution in [1.29, 1.82) is 0 Å². The molecule has 0 unspecified atom stereocenters. The number of aromatic nitrogens is 2. The van der Waals surface area contributed by atoms with Crippen LogP contribution >= 0.6 is 0 Å². The van der Waals surface area contributed by atoms with Crippen molar-refractivity contribution >= 4 is 12.0 Å². The van der Waals surface area contributed by atoms with E-state index in [1.165, 1.54) is 18.2 Å². The zero-order valence-electron chi connectivity index (χ0n) is 16.1. The molecule has 0 amide bonds. The van der Waals surface area contributed by atoms with Crippen LogP contribution in [0.1, 0.15) is 11.1 Å². The zero-order chi connectivity index (χ0) is 20.8. The lowest BCUT2D eigenvalue weighted by Crippen LogP contribution is -2.01. The summed E-state index contributed by atoms with van der Waals surface area (Å²) in [6.07, 6.45) is 4.79. The van der Waals surface area contributed by atoms with Crippen molar-refractivity contribution in [3.8, 4) is 16.9 Å². The third-order valence-corrected chi connectivity index (χ3v) is 4.51. The molecule has 0 saturated carbocycles. The molecule has 4 rings (SSSR count). The minimum atomic E-state index is -0.481. The van der Waals surface area contributed by atoms with E-state index < -0.39 is 5.97 Å². The fourth-order valence-corrected chi connectivity index (χ4v) is 3.00. The van der Waals surface area contributed by atoms with E-state index in [1.54, 1.807) is 22.9 Å². The van der Waals surface area contributed by atoms with Gasteiger partial charge in [-0.15, -0.1) is 0 Å². The molecule has 0 bridgehead atoms. The lowest BCUT2D eigenvalue weighted by molar-refractivity contribution is -0.138. The molecule has 4 nitrogen and oxygen atoms in total. The Kier molecular flexibility index (Phi) is 5.80. The fourth-order valence-electron chi connectivity index (χ4n) is 3.00. The summed E-state index contributed by atoms with van der Waals surface area (Å²) in [5, 5.41) is 4.70. The van der Waals surface area contributed by atoms with Crippen LogP contribution in [0.25, 0.3) is 23.0 Å². The number of hydrogen-bond donors (Lipinski definition) is 0. The first-order valence-electron chi connectivity index (χ1n) is 9.49. The first kappa shape index (κ1) is 19.3. The van der Waals surface area contributed by atoms with E-state index in [0.717, 1.165) is 28.1 Å². The van der Waals surface area contributed by atoms with Gasteiger partial charge in [-0.1, -0.05) is 60.7 Å². The molecule has 0 aliphatic rings. The topological polar surface area (TPSA) is 44.1 Å². The molecule has 5 heteroatoms. The summed E-state index contributed by atoms with van der Waals surface area (Å²) in [5.74, 6) is -0.801. The summed E-state index contributed by atoms with van der Waals surface area (Å²) in [6.45, 7) is 0.0870. The molecule has 0 N–H and O–H groups in total. The second-order valence-corrected chi connectivity index (χ2v) is 6.64. The number of ether oxygens (including phenoxy) is 1. The van der Waals surface area contributed by atoms with Gasteiger partial charge in [-0.25, -0.2) is 13.9 Å². The quantitative estimate of drug-likeness (QED) is 0.321. The van der Waals surface area contributed by atoms with Crippen LogP contribution < -0.4 is 0 Å². The first-order valence-corrected chi connectivity index (χ1v) is 9.49. The third kappa shape index (κ3) is 4.70. The van der Waals surface area contributed by atoms with Crippen LogP contribution in [-0.4, -0.2) is 15.7 Å². The molecule has 4 aromatic rings. The SMILES string of the molecule is O=C(/C=C/c1ccc(F)cc1)OCc1cn(-c2ccccc2)nc1-c1ccccc1. The number of benzene rings is 3. The van der Waals surface area contributed by atoms with Gasteiger partial charge in [-0.3, -0.25) is 0 Å². The minimum absolute atomic E-state index is 0.0870. The van der Waals surface area contributed by atoms with Gasteiger partial charge in [0, 0.05) is 23.4 Å². The van der Waals surface area contributed by atoms with Crippen LogP contribution in [0, 0.1) is 5.82 Å². The van der Waals surface area contributed by atoms with Crippen LogP contribution in [0.2, 0.25) is 0 Å². The van der Waals surface area contributed by atoms with Crippen molar-refractivity contribution in [2.24, 2.45) is 0 Å². The monoisotopic (exact) mass is 398 g/mol. The number of carbonyl (C=O) groups is 1. The molecule has 0 saturated heterocycles. The van der Waals surface area contributed by atoms with Crippen LogP contribution in [-0.2, 0) is 16.1 Å². The predicted molar refractivity (Wildman–Crippen MR) is 114 cm³/mol. The lowest BCUT2D eigenvalue weighted by atomic mass is 10.1. The molecule has 0 fully saturated rings. The number of halogens is 1. The van der Waals surface area contributed by atoms with Gasteiger partial charge < -0.3 is 4.74 Å². The summed E-state index contributed by atoms with van der Waals surface area (Å²) in [7, 11) is 0. The fraction of sp³-hybridized carbons (Fsp3) is 0.0400. The molecule has 3 aromatic carbocycles. The van der Waals surface area contributed by atoms with Gasteiger partial charge in [-0.2, -0.15) is 5.10 Å². The van der Waals surface area contributed by atoms with Crippen molar-refractivity contribution in [3.05, 3.63) is 114 Å². The Morgan fingerprint density at radius 1 is 0.933 bits per heavy atom. The van der Waals surface area contributed by atoms with Crippen molar-refractivity contribution in [2.75, 3.05) is 0 Å². The second kappa shape index (κ2) is 9.01. The number of rotatable bonds is 6. The molecule has 0 aliphatic heterocycles. The Balaban J connectivity index is 1.53. The number of para-hydroxylation sites is 1. The highest BCUT2D eigenvalue weighted by atomic mass is 19.1. The van der Waals surface area contributed by atoms with Crippen LogP contribution in [0.5, 0.6) is 0 Å². The number of carbonyl (C=O) groups excluding carboxylic acids is 1. The maximum Gasteiger partial charge on any atom is 0.331 e. The van der Waals surface area contributed by atoms with Gasteiger partial charge in [-0.05, 0) is 35.9 Å². The molecule has 148 valence electrons. The summed E-state index contributed by atoms with van der Waals surface area (Å²) in [6, 6.07) is 25.4. The largest absolute Gasteiger partial charge is 0.458 e. The number of nitrogens with zero attached hydrogens (tertiary/aromatic N) is 2. The highest BCUT2D eigenvalue weighted by Gasteiger charge is 2.13. The minimum Gasteiger partial charge on any atom is -0.458 e. The number of hydrogen-bond acceptors (Lipinski definition) is 3. The van der Waals surface area contributed by atoms with Crippen molar-refractivity contribution in [3.63, 3.8) is 0 Å². The molecule has 0 aliphatic carbocycles. The highest BCUT2D eigenvalue weighted by Crippen LogP contribution is 2.24. The maximum absolute atomic E-state index is 13.0. The summed E-state index contributed by atoms with van der Waals surface area (Å²) in [5.41, 5.74) is 4.14. The lowest BCUT2D eigenvalue weighted by Gasteiger charge is -2.03. The predicted octanol–water partition coefficient (Wildman–Crippen LogP) is 5.44. The smallest absolute Gasteiger partial charge is 0.331 e. The summed E-state index contributed by atoms with van der Waals surface area (Å²) >= 11 is 0. The Bertz CT molecular complexity index is 1150. The molecule has 0 atom stereocenters. The Morgan fingerprint density at radius 2 is 1.60 bits per heavy atom. The summed E-state index contributed by atoms with van der Waals surface area (Å²) < 4.78 is 20.2. The zero-order valence-corrected chi connectivity index (χ0v) is 16.1. The van der Waals surface area contributed by atoms with Crippen LogP contribution in [0.15, 0.2) is 97.2 Å². The Morgan fingerprint density at radius 3 is 2.30 bits per heavy atom. The maximum atomic E-state index is 13.0. The summed E-state index contributed by atoms with van der Waals surface area (Å²) in [4.78, 5) is 12.2. The molecule has 0 spiro atoms. The first-order chi connectivity index (χ1) is 14.7. The molecule has 1 heterocycles. The molecule has 1 aromatic heterocycles.